The van der Waals surface area contributed by atoms with Gasteiger partial charge in [-0.2, -0.15) is 0 Å². The second-order valence-electron chi connectivity index (χ2n) is 8.08. The quantitative estimate of drug-likeness (QED) is 0.815. The molecule has 2 aromatic rings. The lowest BCUT2D eigenvalue weighted by Crippen LogP contribution is -2.52. The molecule has 1 spiro atoms. The summed E-state index contributed by atoms with van der Waals surface area (Å²) in [7, 11) is 0. The zero-order valence-corrected chi connectivity index (χ0v) is 16.3. The number of likely N-dealkylation sites (tertiary alicyclic amines) is 2. The standard InChI is InChI=1S/C21H27N5O2/c1-17(25-13-10-22-16-25)20(28)24-11-7-21(8-12-24)6-5-19(27)26(15-21)14-18-4-2-3-9-23-18/h2-4,9-10,13,16-17H,5-8,11-12,14-15H2,1H3. The van der Waals surface area contributed by atoms with Crippen LogP contribution < -0.4 is 0 Å². The fourth-order valence-corrected chi connectivity index (χ4v) is 4.43. The first-order valence-electron chi connectivity index (χ1n) is 10.0. The van der Waals surface area contributed by atoms with Crippen molar-refractivity contribution in [2.24, 2.45) is 5.41 Å². The molecule has 2 fully saturated rings. The zero-order chi connectivity index (χ0) is 19.6. The van der Waals surface area contributed by atoms with Crippen LogP contribution in [0.25, 0.3) is 0 Å². The van der Waals surface area contributed by atoms with Crippen LogP contribution in [0.5, 0.6) is 0 Å². The lowest BCUT2D eigenvalue weighted by atomic mass is 9.72. The maximum Gasteiger partial charge on any atom is 0.245 e. The van der Waals surface area contributed by atoms with Crippen molar-refractivity contribution in [1.29, 1.82) is 0 Å². The molecule has 0 aromatic carbocycles. The average Bonchev–Trinajstić information content (AvgIpc) is 3.26. The van der Waals surface area contributed by atoms with Crippen molar-refractivity contribution < 1.29 is 9.59 Å². The van der Waals surface area contributed by atoms with Crippen molar-refractivity contribution in [2.45, 2.75) is 45.2 Å². The van der Waals surface area contributed by atoms with Gasteiger partial charge in [0.15, 0.2) is 0 Å². The highest BCUT2D eigenvalue weighted by molar-refractivity contribution is 5.80. The third-order valence-corrected chi connectivity index (χ3v) is 6.29. The fourth-order valence-electron chi connectivity index (χ4n) is 4.43. The van der Waals surface area contributed by atoms with Crippen molar-refractivity contribution in [3.63, 3.8) is 0 Å². The Hall–Kier alpha value is -2.70. The van der Waals surface area contributed by atoms with Gasteiger partial charge in [0.25, 0.3) is 0 Å². The highest BCUT2D eigenvalue weighted by atomic mass is 16.2. The third-order valence-electron chi connectivity index (χ3n) is 6.29. The van der Waals surface area contributed by atoms with Gasteiger partial charge in [0.1, 0.15) is 6.04 Å². The van der Waals surface area contributed by atoms with Gasteiger partial charge in [0.2, 0.25) is 11.8 Å². The highest BCUT2D eigenvalue weighted by Crippen LogP contribution is 2.40. The number of carbonyl (C=O) groups excluding carboxylic acids is 2. The molecule has 2 aliphatic rings. The van der Waals surface area contributed by atoms with E-state index in [1.807, 2.05) is 45.7 Å². The van der Waals surface area contributed by atoms with E-state index in [0.717, 1.165) is 44.6 Å². The van der Waals surface area contributed by atoms with Crippen LogP contribution in [0.1, 0.15) is 44.3 Å². The molecular weight excluding hydrogens is 354 g/mol. The first kappa shape index (κ1) is 18.7. The Bertz CT molecular complexity index is 813. The van der Waals surface area contributed by atoms with Gasteiger partial charge in [-0.15, -0.1) is 0 Å². The SMILES string of the molecule is CC(C(=O)N1CCC2(CCC(=O)N(Cc3ccccn3)C2)CC1)n1ccnc1. The van der Waals surface area contributed by atoms with E-state index in [9.17, 15) is 9.59 Å². The molecule has 7 nitrogen and oxygen atoms in total. The maximum atomic E-state index is 12.8. The number of hydrogen-bond acceptors (Lipinski definition) is 4. The number of amides is 2. The zero-order valence-electron chi connectivity index (χ0n) is 16.3. The summed E-state index contributed by atoms with van der Waals surface area (Å²) in [6.07, 6.45) is 10.4. The molecule has 2 saturated heterocycles. The monoisotopic (exact) mass is 381 g/mol. The summed E-state index contributed by atoms with van der Waals surface area (Å²) in [5.74, 6) is 0.355. The summed E-state index contributed by atoms with van der Waals surface area (Å²) in [4.78, 5) is 37.6. The average molecular weight is 381 g/mol. The first-order chi connectivity index (χ1) is 13.6. The van der Waals surface area contributed by atoms with E-state index in [4.69, 9.17) is 0 Å². The normalized spacial score (nSPS) is 20.4. The number of hydrogen-bond donors (Lipinski definition) is 0. The Morgan fingerprint density at radius 2 is 2.04 bits per heavy atom. The lowest BCUT2D eigenvalue weighted by molar-refractivity contribution is -0.144. The summed E-state index contributed by atoms with van der Waals surface area (Å²) >= 11 is 0. The van der Waals surface area contributed by atoms with E-state index in [1.165, 1.54) is 0 Å². The van der Waals surface area contributed by atoms with Crippen molar-refractivity contribution in [3.05, 3.63) is 48.8 Å². The molecule has 1 atom stereocenters. The molecular formula is C21H27N5O2. The van der Waals surface area contributed by atoms with Gasteiger partial charge in [0, 0.05) is 44.6 Å². The number of nitrogens with zero attached hydrogens (tertiary/aromatic N) is 5. The molecule has 148 valence electrons. The lowest BCUT2D eigenvalue weighted by Gasteiger charge is -2.47. The van der Waals surface area contributed by atoms with Crippen LogP contribution in [0.4, 0.5) is 0 Å². The Morgan fingerprint density at radius 1 is 1.21 bits per heavy atom. The van der Waals surface area contributed by atoms with E-state index in [2.05, 4.69) is 9.97 Å². The maximum absolute atomic E-state index is 12.8. The molecule has 4 rings (SSSR count). The number of carbonyl (C=O) groups is 2. The predicted octanol–water partition coefficient (Wildman–Crippen LogP) is 2.27. The second-order valence-corrected chi connectivity index (χ2v) is 8.08. The van der Waals surface area contributed by atoms with E-state index < -0.39 is 0 Å². The Labute approximate surface area is 165 Å². The summed E-state index contributed by atoms with van der Waals surface area (Å²) in [6, 6.07) is 5.58. The highest BCUT2D eigenvalue weighted by Gasteiger charge is 2.42. The van der Waals surface area contributed by atoms with Crippen molar-refractivity contribution in [3.8, 4) is 0 Å². The molecule has 0 N–H and O–H groups in total. The summed E-state index contributed by atoms with van der Waals surface area (Å²) in [5.41, 5.74) is 1.05. The number of rotatable bonds is 4. The largest absolute Gasteiger partial charge is 0.341 e. The van der Waals surface area contributed by atoms with Gasteiger partial charge in [-0.05, 0) is 43.7 Å². The summed E-state index contributed by atoms with van der Waals surface area (Å²) in [6.45, 7) is 4.76. The minimum absolute atomic E-state index is 0.123. The Kier molecular flexibility index (Phi) is 5.15. The minimum Gasteiger partial charge on any atom is -0.341 e. The van der Waals surface area contributed by atoms with Gasteiger partial charge < -0.3 is 14.4 Å². The van der Waals surface area contributed by atoms with Crippen molar-refractivity contribution in [1.82, 2.24) is 24.3 Å². The van der Waals surface area contributed by atoms with E-state index in [0.29, 0.717) is 13.0 Å². The van der Waals surface area contributed by atoms with E-state index >= 15 is 0 Å². The van der Waals surface area contributed by atoms with Gasteiger partial charge in [-0.3, -0.25) is 14.6 Å². The minimum atomic E-state index is -0.231. The van der Waals surface area contributed by atoms with Crippen LogP contribution in [0.2, 0.25) is 0 Å². The molecule has 0 saturated carbocycles. The molecule has 7 heteroatoms. The van der Waals surface area contributed by atoms with E-state index in [1.54, 1.807) is 18.7 Å². The smallest absolute Gasteiger partial charge is 0.245 e. The van der Waals surface area contributed by atoms with Crippen molar-refractivity contribution in [2.75, 3.05) is 19.6 Å². The molecule has 0 radical (unpaired) electrons. The van der Waals surface area contributed by atoms with Gasteiger partial charge in [-0.25, -0.2) is 4.98 Å². The first-order valence-corrected chi connectivity index (χ1v) is 10.0. The topological polar surface area (TPSA) is 71.3 Å². The van der Waals surface area contributed by atoms with Crippen LogP contribution in [-0.2, 0) is 16.1 Å². The molecule has 2 aliphatic heterocycles. The van der Waals surface area contributed by atoms with Gasteiger partial charge in [-0.1, -0.05) is 6.07 Å². The van der Waals surface area contributed by atoms with Crippen LogP contribution >= 0.6 is 0 Å². The van der Waals surface area contributed by atoms with Crippen LogP contribution in [-0.4, -0.2) is 55.8 Å². The molecule has 0 aliphatic carbocycles. The van der Waals surface area contributed by atoms with Gasteiger partial charge >= 0.3 is 0 Å². The van der Waals surface area contributed by atoms with Crippen LogP contribution in [0.3, 0.4) is 0 Å². The molecule has 4 heterocycles. The fraction of sp³-hybridized carbons (Fsp3) is 0.524. The summed E-state index contributed by atoms with van der Waals surface area (Å²) < 4.78 is 1.85. The Morgan fingerprint density at radius 3 is 2.71 bits per heavy atom. The Balaban J connectivity index is 1.37. The number of pyridine rings is 1. The van der Waals surface area contributed by atoms with Crippen LogP contribution in [0.15, 0.2) is 43.1 Å². The molecule has 0 bridgehead atoms. The molecule has 2 aromatic heterocycles. The molecule has 28 heavy (non-hydrogen) atoms. The molecule has 2 amide bonds. The number of aromatic nitrogens is 3. The molecule has 1 unspecified atom stereocenters. The number of imidazole rings is 1. The second kappa shape index (κ2) is 7.73. The van der Waals surface area contributed by atoms with Crippen molar-refractivity contribution >= 4 is 11.8 Å². The van der Waals surface area contributed by atoms with Gasteiger partial charge in [0.05, 0.1) is 18.6 Å². The third kappa shape index (κ3) is 3.79. The predicted molar refractivity (Wildman–Crippen MR) is 104 cm³/mol. The van der Waals surface area contributed by atoms with Crippen LogP contribution in [0, 0.1) is 5.41 Å². The van der Waals surface area contributed by atoms with E-state index in [-0.39, 0.29) is 23.3 Å². The number of piperidine rings is 2. The summed E-state index contributed by atoms with van der Waals surface area (Å²) in [5, 5.41) is 0.